The molecule has 1 N–H and O–H groups in total. The first-order valence-corrected chi connectivity index (χ1v) is 8.57. The van der Waals surface area contributed by atoms with Gasteiger partial charge in [-0.15, -0.1) is 0 Å². The first-order valence-electron chi connectivity index (χ1n) is 7.59. The largest absolute Gasteiger partial charge is 0.362 e. The molecule has 1 aliphatic heterocycles. The molecule has 0 spiro atoms. The number of rotatable bonds is 3. The molecule has 0 aromatic rings. The van der Waals surface area contributed by atoms with Gasteiger partial charge in [-0.25, -0.2) is 0 Å². The number of nitrogens with zero attached hydrogens (tertiary/aromatic N) is 1. The van der Waals surface area contributed by atoms with E-state index in [1.165, 1.54) is 43.0 Å². The number of hydrogen-bond donors (Lipinski definition) is 1. The monoisotopic (exact) mass is 268 g/mol. The second-order valence-electron chi connectivity index (χ2n) is 6.42. The maximum Gasteiger partial charge on any atom is 0.156 e. The third-order valence-electron chi connectivity index (χ3n) is 4.32. The molecule has 0 aromatic carbocycles. The molecule has 3 unspecified atom stereocenters. The van der Waals surface area contributed by atoms with Gasteiger partial charge in [-0.2, -0.15) is 0 Å². The van der Waals surface area contributed by atoms with Crippen LogP contribution in [0.2, 0.25) is 0 Å². The zero-order valence-electron chi connectivity index (χ0n) is 12.1. The second kappa shape index (κ2) is 6.83. The lowest BCUT2D eigenvalue weighted by Gasteiger charge is -2.29. The Morgan fingerprint density at radius 1 is 1.33 bits per heavy atom. The number of amidine groups is 1. The zero-order valence-corrected chi connectivity index (χ0v) is 12.9. The Hall–Kier alpha value is -0.180. The number of hydrogen-bond acceptors (Lipinski definition) is 2. The van der Waals surface area contributed by atoms with Gasteiger partial charge in [-0.3, -0.25) is 4.99 Å². The maximum atomic E-state index is 4.84. The van der Waals surface area contributed by atoms with Crippen LogP contribution in [0.5, 0.6) is 0 Å². The summed E-state index contributed by atoms with van der Waals surface area (Å²) in [5.41, 5.74) is 0. The zero-order chi connectivity index (χ0) is 13.0. The van der Waals surface area contributed by atoms with Crippen molar-refractivity contribution in [2.45, 2.75) is 58.9 Å². The van der Waals surface area contributed by atoms with Gasteiger partial charge in [0, 0.05) is 18.3 Å². The van der Waals surface area contributed by atoms with Crippen molar-refractivity contribution < 1.29 is 0 Å². The van der Waals surface area contributed by atoms with Crippen LogP contribution in [0.15, 0.2) is 4.99 Å². The highest BCUT2D eigenvalue weighted by molar-refractivity contribution is 8.13. The van der Waals surface area contributed by atoms with E-state index in [2.05, 4.69) is 26.1 Å². The van der Waals surface area contributed by atoms with Gasteiger partial charge in [0.1, 0.15) is 0 Å². The summed E-state index contributed by atoms with van der Waals surface area (Å²) < 4.78 is 0. The Kier molecular flexibility index (Phi) is 5.40. The van der Waals surface area contributed by atoms with E-state index < -0.39 is 0 Å². The standard InChI is InChI=1S/C15H28N2S/c1-11(2)14-7-8-18-15(17-14)16-10-13-6-4-5-12(3)9-13/h11-14H,4-10H2,1-3H3,(H,16,17). The summed E-state index contributed by atoms with van der Waals surface area (Å²) in [5.74, 6) is 3.70. The Balaban J connectivity index is 1.81. The molecule has 2 nitrogen and oxygen atoms in total. The molecule has 2 rings (SSSR count). The van der Waals surface area contributed by atoms with Crippen molar-refractivity contribution in [2.75, 3.05) is 12.3 Å². The van der Waals surface area contributed by atoms with E-state index in [0.29, 0.717) is 12.0 Å². The average Bonchev–Trinajstić information content (AvgIpc) is 2.37. The van der Waals surface area contributed by atoms with Crippen molar-refractivity contribution in [2.24, 2.45) is 22.7 Å². The van der Waals surface area contributed by atoms with Crippen LogP contribution in [0.3, 0.4) is 0 Å². The molecule has 1 heterocycles. The number of thioether (sulfide) groups is 1. The summed E-state index contributed by atoms with van der Waals surface area (Å²) in [4.78, 5) is 4.84. The van der Waals surface area contributed by atoms with Crippen LogP contribution < -0.4 is 5.32 Å². The Bertz CT molecular complexity index is 288. The van der Waals surface area contributed by atoms with Crippen molar-refractivity contribution in [1.82, 2.24) is 5.32 Å². The van der Waals surface area contributed by atoms with E-state index >= 15 is 0 Å². The highest BCUT2D eigenvalue weighted by atomic mass is 32.2. The van der Waals surface area contributed by atoms with Crippen molar-refractivity contribution in [3.05, 3.63) is 0 Å². The molecule has 3 atom stereocenters. The lowest BCUT2D eigenvalue weighted by molar-refractivity contribution is 0.289. The molecule has 0 bridgehead atoms. The van der Waals surface area contributed by atoms with E-state index in [-0.39, 0.29) is 0 Å². The summed E-state index contributed by atoms with van der Waals surface area (Å²) >= 11 is 1.91. The third-order valence-corrected chi connectivity index (χ3v) is 5.28. The van der Waals surface area contributed by atoms with Crippen molar-refractivity contribution >= 4 is 16.9 Å². The first-order chi connectivity index (χ1) is 8.65. The van der Waals surface area contributed by atoms with Crippen molar-refractivity contribution in [3.63, 3.8) is 0 Å². The highest BCUT2D eigenvalue weighted by Crippen LogP contribution is 2.29. The van der Waals surface area contributed by atoms with Crippen LogP contribution in [-0.4, -0.2) is 23.5 Å². The lowest BCUT2D eigenvalue weighted by atomic mass is 9.82. The fourth-order valence-electron chi connectivity index (χ4n) is 3.08. The SMILES string of the molecule is CC1CCCC(CN=C2NC(C(C)C)CCS2)C1. The molecule has 2 aliphatic rings. The molecule has 3 heteroatoms. The predicted molar refractivity (Wildman–Crippen MR) is 82.3 cm³/mol. The molecule has 1 aliphatic carbocycles. The number of nitrogens with one attached hydrogen (secondary N) is 1. The molecular weight excluding hydrogens is 240 g/mol. The molecule has 18 heavy (non-hydrogen) atoms. The van der Waals surface area contributed by atoms with Gasteiger partial charge < -0.3 is 5.32 Å². The van der Waals surface area contributed by atoms with Crippen molar-refractivity contribution in [3.8, 4) is 0 Å². The molecule has 2 fully saturated rings. The molecule has 0 aromatic heterocycles. The van der Waals surface area contributed by atoms with Crippen LogP contribution >= 0.6 is 11.8 Å². The first kappa shape index (κ1) is 14.2. The van der Waals surface area contributed by atoms with Crippen LogP contribution in [0.1, 0.15) is 52.9 Å². The average molecular weight is 268 g/mol. The van der Waals surface area contributed by atoms with E-state index in [1.807, 2.05) is 11.8 Å². The van der Waals surface area contributed by atoms with Gasteiger partial charge >= 0.3 is 0 Å². The van der Waals surface area contributed by atoms with Gasteiger partial charge in [0.15, 0.2) is 5.17 Å². The van der Waals surface area contributed by atoms with Gasteiger partial charge in [-0.1, -0.05) is 45.4 Å². The second-order valence-corrected chi connectivity index (χ2v) is 7.50. The molecule has 0 radical (unpaired) electrons. The molecule has 104 valence electrons. The summed E-state index contributed by atoms with van der Waals surface area (Å²) in [5, 5.41) is 4.82. The summed E-state index contributed by atoms with van der Waals surface area (Å²) in [6.07, 6.45) is 6.89. The lowest BCUT2D eigenvalue weighted by Crippen LogP contribution is -2.41. The minimum Gasteiger partial charge on any atom is -0.362 e. The Morgan fingerprint density at radius 2 is 2.17 bits per heavy atom. The molecular formula is C15H28N2S. The van der Waals surface area contributed by atoms with Crippen LogP contribution in [0.4, 0.5) is 0 Å². The minimum absolute atomic E-state index is 0.635. The predicted octanol–water partition coefficient (Wildman–Crippen LogP) is 3.92. The van der Waals surface area contributed by atoms with Gasteiger partial charge in [0.2, 0.25) is 0 Å². The van der Waals surface area contributed by atoms with Gasteiger partial charge in [0.05, 0.1) is 0 Å². The van der Waals surface area contributed by atoms with Gasteiger partial charge in [0.25, 0.3) is 0 Å². The summed E-state index contributed by atoms with van der Waals surface area (Å²) in [6.45, 7) is 8.04. The summed E-state index contributed by atoms with van der Waals surface area (Å²) in [6, 6.07) is 0.635. The van der Waals surface area contributed by atoms with Crippen molar-refractivity contribution in [1.29, 1.82) is 0 Å². The van der Waals surface area contributed by atoms with E-state index in [4.69, 9.17) is 4.99 Å². The Morgan fingerprint density at radius 3 is 2.89 bits per heavy atom. The van der Waals surface area contributed by atoms with Crippen LogP contribution in [0.25, 0.3) is 0 Å². The van der Waals surface area contributed by atoms with Crippen LogP contribution in [-0.2, 0) is 0 Å². The number of aliphatic imine (C=N–C) groups is 1. The van der Waals surface area contributed by atoms with Crippen LogP contribution in [0, 0.1) is 17.8 Å². The topological polar surface area (TPSA) is 24.4 Å². The Labute approximate surface area is 116 Å². The quantitative estimate of drug-likeness (QED) is 0.839. The fourth-order valence-corrected chi connectivity index (χ4v) is 4.05. The molecule has 1 saturated carbocycles. The minimum atomic E-state index is 0.635. The highest BCUT2D eigenvalue weighted by Gasteiger charge is 2.22. The smallest absolute Gasteiger partial charge is 0.156 e. The fraction of sp³-hybridized carbons (Fsp3) is 0.933. The normalized spacial score (nSPS) is 35.8. The maximum absolute atomic E-state index is 4.84. The van der Waals surface area contributed by atoms with E-state index in [0.717, 1.165) is 18.4 Å². The molecule has 1 saturated heterocycles. The van der Waals surface area contributed by atoms with E-state index in [9.17, 15) is 0 Å². The molecule has 0 amide bonds. The van der Waals surface area contributed by atoms with E-state index in [1.54, 1.807) is 0 Å². The summed E-state index contributed by atoms with van der Waals surface area (Å²) in [7, 11) is 0. The van der Waals surface area contributed by atoms with Gasteiger partial charge in [-0.05, 0) is 37.0 Å². The third kappa shape index (κ3) is 4.18.